The second-order valence-electron chi connectivity index (χ2n) is 7.24. The summed E-state index contributed by atoms with van der Waals surface area (Å²) in [6.07, 6.45) is -10.7. The third kappa shape index (κ3) is 7.71. The van der Waals surface area contributed by atoms with E-state index in [2.05, 4.69) is 6.92 Å². The second-order valence-corrected chi connectivity index (χ2v) is 7.24. The van der Waals surface area contributed by atoms with Crippen molar-refractivity contribution in [3.8, 4) is 0 Å². The third-order valence-corrected chi connectivity index (χ3v) is 4.85. The molecule has 0 amide bonds. The van der Waals surface area contributed by atoms with Crippen molar-refractivity contribution in [1.29, 1.82) is 0 Å². The van der Waals surface area contributed by atoms with E-state index < -0.39 is 40.5 Å². The van der Waals surface area contributed by atoms with Crippen LogP contribution in [-0.2, 0) is 17.1 Å². The van der Waals surface area contributed by atoms with Crippen LogP contribution in [0.4, 0.5) is 26.3 Å². The maximum atomic E-state index is 13.1. The SMILES string of the molecule is [CH2-]C(CC[C-](CO[C@H](C)c1cc(C(F)(F)F)cc(C(F)(F)F)c1)c1ccccc1)[N+](=O)[O-].[Cm]. The average Bonchev–Trinajstić information content (AvgIpc) is 2.72. The molecule has 0 fully saturated rings. The average molecular weight is 708 g/mol. The molecule has 1 unspecified atom stereocenters. The van der Waals surface area contributed by atoms with Crippen LogP contribution in [0.3, 0.4) is 0 Å². The van der Waals surface area contributed by atoms with Gasteiger partial charge in [-0.05, 0) is 42.0 Å². The van der Waals surface area contributed by atoms with Gasteiger partial charge in [-0.3, -0.25) is 17.0 Å². The molecule has 11 heteroatoms. The van der Waals surface area contributed by atoms with Crippen molar-refractivity contribution in [2.75, 3.05) is 6.61 Å². The van der Waals surface area contributed by atoms with Gasteiger partial charge in [0.15, 0.2) is 0 Å². The Balaban J connectivity index is 0.00000544. The van der Waals surface area contributed by atoms with E-state index in [-0.39, 0.29) is 31.1 Å². The van der Waals surface area contributed by atoms with Gasteiger partial charge >= 0.3 is 12.4 Å². The van der Waals surface area contributed by atoms with E-state index in [1.807, 2.05) is 0 Å². The molecular weight excluding hydrogens is 687 g/mol. The number of alkyl halides is 6. The predicted octanol–water partition coefficient (Wildman–Crippen LogP) is 6.68. The topological polar surface area (TPSA) is 52.4 Å². The molecule has 0 spiro atoms. The third-order valence-electron chi connectivity index (χ3n) is 4.85. The zero-order chi connectivity index (χ0) is 24.1. The van der Waals surface area contributed by atoms with Gasteiger partial charge in [-0.2, -0.15) is 44.0 Å². The molecule has 184 valence electrons. The van der Waals surface area contributed by atoms with Crippen LogP contribution >= 0.6 is 0 Å². The van der Waals surface area contributed by atoms with Gasteiger partial charge in [0.25, 0.3) is 0 Å². The van der Waals surface area contributed by atoms with E-state index >= 15 is 0 Å². The van der Waals surface area contributed by atoms with Crippen molar-refractivity contribution in [2.45, 2.75) is 44.3 Å². The summed E-state index contributed by atoms with van der Waals surface area (Å²) < 4.78 is 84.2. The van der Waals surface area contributed by atoms with Crippen LogP contribution in [0.1, 0.15) is 48.1 Å². The first kappa shape index (κ1) is 27.3. The molecule has 2 aromatic rings. The first-order chi connectivity index (χ1) is 14.8. The summed E-state index contributed by atoms with van der Waals surface area (Å²) in [4.78, 5) is 10.3. The van der Waals surface area contributed by atoms with E-state index in [9.17, 15) is 36.5 Å². The molecule has 0 N–H and O–H groups in total. The number of nitro groups is 1. The molecule has 0 aliphatic heterocycles. The molecule has 4 nitrogen and oxygen atoms in total. The van der Waals surface area contributed by atoms with Crippen molar-refractivity contribution in [3.63, 3.8) is 0 Å². The van der Waals surface area contributed by atoms with Gasteiger partial charge < -0.3 is 4.74 Å². The molecule has 0 saturated heterocycles. The van der Waals surface area contributed by atoms with E-state index in [0.717, 1.165) is 0 Å². The Morgan fingerprint density at radius 2 is 1.55 bits per heavy atom. The van der Waals surface area contributed by atoms with Crippen molar-refractivity contribution >= 4 is 0 Å². The van der Waals surface area contributed by atoms with Crippen molar-refractivity contribution < 1.29 is 36.0 Å². The van der Waals surface area contributed by atoms with Crippen LogP contribution in [0.5, 0.6) is 0 Å². The van der Waals surface area contributed by atoms with Crippen LogP contribution in [0.25, 0.3) is 0 Å². The summed E-state index contributed by atoms with van der Waals surface area (Å²) >= 11 is 0. The number of ether oxygens (including phenoxy) is 1. The van der Waals surface area contributed by atoms with Gasteiger partial charge in [-0.1, -0.05) is 12.5 Å². The molecule has 2 rings (SSSR count). The number of halogens is 6. The first-order valence-electron chi connectivity index (χ1n) is 9.56. The van der Waals surface area contributed by atoms with Crippen molar-refractivity contribution in [2.24, 2.45) is 0 Å². The zero-order valence-corrected chi connectivity index (χ0v) is 20.3. The Kier molecular flexibility index (Phi) is 8.86. The largest absolute Gasteiger partial charge is 0.416 e. The molecule has 0 radical (unpaired) electrons. The molecule has 0 heterocycles. The van der Waals surface area contributed by atoms with Gasteiger partial charge in [0.1, 0.15) is 0 Å². The van der Waals surface area contributed by atoms with E-state index in [4.69, 9.17) is 4.74 Å². The Morgan fingerprint density at radius 3 is 2.00 bits per heavy atom. The summed E-state index contributed by atoms with van der Waals surface area (Å²) in [5.41, 5.74) is -2.41. The standard InChI is InChI=1S/C22H21F6NO3.Cm/c1-14(29(30)31)8-9-17(16-6-4-3-5-7-16)13-32-15(2)18-10-19(21(23,24)25)12-20(11-18)22(26,27)28;/h3-7,10-12,14-15H,1,8-9,13H2,2H3;/q-2;/t14?,15-;/m1./s1. The zero-order valence-electron chi connectivity index (χ0n) is 17.4. The van der Waals surface area contributed by atoms with Gasteiger partial charge in [0.2, 0.25) is 0 Å². The Morgan fingerprint density at radius 1 is 1.03 bits per heavy atom. The Bertz CT molecular complexity index is 873. The fraction of sp³-hybridized carbons (Fsp3) is 0.364. The smallest absolute Gasteiger partial charge is 0.382 e. The van der Waals surface area contributed by atoms with Gasteiger partial charge in [-0.15, -0.1) is 18.1 Å². The number of nitrogens with zero attached hydrogens (tertiary/aromatic N) is 1. The molecule has 0 aliphatic carbocycles. The fourth-order valence-corrected chi connectivity index (χ4v) is 2.96. The van der Waals surface area contributed by atoms with Crippen LogP contribution < -0.4 is 0 Å². The first-order valence-corrected chi connectivity index (χ1v) is 9.56. The summed E-state index contributed by atoms with van der Waals surface area (Å²) in [6, 6.07) is 8.94. The normalized spacial score (nSPS) is 13.7. The van der Waals surface area contributed by atoms with Crippen molar-refractivity contribution in [1.82, 2.24) is 0 Å². The van der Waals surface area contributed by atoms with E-state index in [0.29, 0.717) is 23.6 Å². The molecule has 2 aromatic carbocycles. The molecular formula is C22H21CmF6NO3-2. The molecule has 0 aliphatic rings. The number of rotatable bonds is 9. The number of hydrogen-bond acceptors (Lipinski definition) is 3. The minimum absolute atomic E-state index is 0. The van der Waals surface area contributed by atoms with Gasteiger partial charge in [0.05, 0.1) is 23.3 Å². The number of hydrogen-bond donors (Lipinski definition) is 0. The van der Waals surface area contributed by atoms with Crippen LogP contribution in [0.2, 0.25) is 0 Å². The maximum absolute atomic E-state index is 13.1. The van der Waals surface area contributed by atoms with Gasteiger partial charge in [-0.25, -0.2) is 0 Å². The monoisotopic (exact) mass is 704 g/mol. The Labute approximate surface area is 181 Å². The maximum Gasteiger partial charge on any atom is 0.416 e. The quantitative estimate of drug-likeness (QED) is 0.127. The minimum Gasteiger partial charge on any atom is -0.382 e. The van der Waals surface area contributed by atoms with E-state index in [1.165, 1.54) is 6.92 Å². The minimum atomic E-state index is -4.96. The fourth-order valence-electron chi connectivity index (χ4n) is 2.96. The number of benzene rings is 2. The molecule has 33 heavy (non-hydrogen) atoms. The summed E-state index contributed by atoms with van der Waals surface area (Å²) in [6.45, 7) is 4.66. The molecule has 0 aromatic heterocycles. The van der Waals surface area contributed by atoms with E-state index in [1.54, 1.807) is 30.3 Å². The van der Waals surface area contributed by atoms with Crippen molar-refractivity contribution in [3.05, 3.63) is 93.7 Å². The summed E-state index contributed by atoms with van der Waals surface area (Å²) in [5, 5.41) is 10.8. The Hall–Kier alpha value is -3.75. The predicted molar refractivity (Wildman–Crippen MR) is 105 cm³/mol. The van der Waals surface area contributed by atoms with Gasteiger partial charge in [0, 0.05) is 6.61 Å². The van der Waals surface area contributed by atoms with Crippen LogP contribution in [0.15, 0.2) is 48.5 Å². The molecule has 0 saturated carbocycles. The van der Waals surface area contributed by atoms with Crippen LogP contribution in [-0.4, -0.2) is 17.6 Å². The molecule has 0 bridgehead atoms. The summed E-state index contributed by atoms with van der Waals surface area (Å²) in [7, 11) is 0. The summed E-state index contributed by atoms with van der Waals surface area (Å²) in [5.74, 6) is 0.621. The molecule has 2 atom stereocenters. The second kappa shape index (κ2) is 10.7. The van der Waals surface area contributed by atoms with Crippen LogP contribution in [0, 0.1) is 23.0 Å².